The maximum absolute atomic E-state index is 11.4. The van der Waals surface area contributed by atoms with Gasteiger partial charge in [0.25, 0.3) is 0 Å². The van der Waals surface area contributed by atoms with Crippen LogP contribution in [-0.2, 0) is 4.79 Å². The second-order valence-corrected chi connectivity index (χ2v) is 4.62. The van der Waals surface area contributed by atoms with Crippen molar-refractivity contribution < 1.29 is 4.79 Å². The van der Waals surface area contributed by atoms with Crippen LogP contribution in [0.15, 0.2) is 4.99 Å². The largest absolute Gasteiger partial charge is 0.357 e. The molecule has 1 aliphatic rings. The highest BCUT2D eigenvalue weighted by Gasteiger charge is 2.28. The predicted octanol–water partition coefficient (Wildman–Crippen LogP) is 1.09. The van der Waals surface area contributed by atoms with Gasteiger partial charge >= 0.3 is 0 Å². The minimum atomic E-state index is 0. The van der Waals surface area contributed by atoms with Crippen LogP contribution in [-0.4, -0.2) is 37.5 Å². The van der Waals surface area contributed by atoms with Crippen molar-refractivity contribution in [1.82, 2.24) is 16.0 Å². The van der Waals surface area contributed by atoms with Gasteiger partial charge in [0.05, 0.1) is 6.54 Å². The van der Waals surface area contributed by atoms with E-state index in [0.717, 1.165) is 25.3 Å². The van der Waals surface area contributed by atoms with Gasteiger partial charge in [-0.3, -0.25) is 9.79 Å². The van der Waals surface area contributed by atoms with Gasteiger partial charge in [-0.15, -0.1) is 24.0 Å². The van der Waals surface area contributed by atoms with E-state index in [2.05, 4.69) is 34.8 Å². The highest BCUT2D eigenvalue weighted by molar-refractivity contribution is 14.0. The van der Waals surface area contributed by atoms with Gasteiger partial charge in [-0.25, -0.2) is 0 Å². The Morgan fingerprint density at radius 1 is 1.33 bits per heavy atom. The van der Waals surface area contributed by atoms with E-state index in [1.165, 1.54) is 0 Å². The number of hydrogen-bond donors (Lipinski definition) is 3. The number of guanidine groups is 1. The number of hydrogen-bond acceptors (Lipinski definition) is 2. The van der Waals surface area contributed by atoms with E-state index < -0.39 is 0 Å². The van der Waals surface area contributed by atoms with Gasteiger partial charge in [0.15, 0.2) is 5.96 Å². The molecular weight excluding hydrogens is 343 g/mol. The summed E-state index contributed by atoms with van der Waals surface area (Å²) in [6, 6.07) is 0.355. The molecule has 1 fully saturated rings. The third-order valence-corrected chi connectivity index (χ3v) is 2.40. The molecule has 1 amide bonds. The molecule has 18 heavy (non-hydrogen) atoms. The third kappa shape index (κ3) is 7.73. The number of aliphatic imine (C=N–C) groups is 1. The van der Waals surface area contributed by atoms with Crippen molar-refractivity contribution in [2.75, 3.05) is 19.6 Å². The Hall–Kier alpha value is -0.530. The molecule has 0 radical (unpaired) electrons. The van der Waals surface area contributed by atoms with Gasteiger partial charge in [-0.1, -0.05) is 0 Å². The molecule has 1 saturated carbocycles. The third-order valence-electron chi connectivity index (χ3n) is 2.40. The minimum absolute atomic E-state index is 0. The van der Waals surface area contributed by atoms with E-state index in [9.17, 15) is 4.79 Å². The van der Waals surface area contributed by atoms with Crippen molar-refractivity contribution >= 4 is 35.8 Å². The Labute approximate surface area is 127 Å². The second-order valence-electron chi connectivity index (χ2n) is 4.62. The standard InChI is InChI=1S/C12H24N4O.HI/c1-4-13-12(16-9(2)3)15-8-7-14-11(17)10-5-6-10;/h9-10H,4-8H2,1-3H3,(H,14,17)(H2,13,15,16);1H. The van der Waals surface area contributed by atoms with Gasteiger partial charge in [-0.2, -0.15) is 0 Å². The summed E-state index contributed by atoms with van der Waals surface area (Å²) in [6.45, 7) is 8.24. The summed E-state index contributed by atoms with van der Waals surface area (Å²) in [5, 5.41) is 9.29. The molecule has 0 unspecified atom stereocenters. The number of nitrogens with zero attached hydrogens (tertiary/aromatic N) is 1. The summed E-state index contributed by atoms with van der Waals surface area (Å²) in [5.74, 6) is 1.27. The van der Waals surface area contributed by atoms with Gasteiger partial charge in [0.2, 0.25) is 5.91 Å². The average Bonchev–Trinajstić information content (AvgIpc) is 3.07. The van der Waals surface area contributed by atoms with Crippen molar-refractivity contribution in [1.29, 1.82) is 0 Å². The van der Waals surface area contributed by atoms with Crippen LogP contribution in [0.25, 0.3) is 0 Å². The Morgan fingerprint density at radius 2 is 2.00 bits per heavy atom. The summed E-state index contributed by atoms with van der Waals surface area (Å²) in [7, 11) is 0. The van der Waals surface area contributed by atoms with E-state index in [0.29, 0.717) is 19.1 Å². The Morgan fingerprint density at radius 3 is 2.50 bits per heavy atom. The Balaban J connectivity index is 0.00000289. The van der Waals surface area contributed by atoms with Crippen LogP contribution >= 0.6 is 24.0 Å². The van der Waals surface area contributed by atoms with E-state index in [1.807, 2.05) is 6.92 Å². The lowest BCUT2D eigenvalue weighted by Crippen LogP contribution is -2.41. The minimum Gasteiger partial charge on any atom is -0.357 e. The van der Waals surface area contributed by atoms with E-state index in [-0.39, 0.29) is 35.8 Å². The summed E-state index contributed by atoms with van der Waals surface area (Å²) in [6.07, 6.45) is 2.10. The molecule has 1 rings (SSSR count). The summed E-state index contributed by atoms with van der Waals surface area (Å²) in [4.78, 5) is 15.7. The zero-order valence-corrected chi connectivity index (χ0v) is 13.8. The fraction of sp³-hybridized carbons (Fsp3) is 0.833. The molecule has 0 aliphatic heterocycles. The topological polar surface area (TPSA) is 65.5 Å². The predicted molar refractivity (Wildman–Crippen MR) is 85.4 cm³/mol. The first-order chi connectivity index (χ1) is 8.13. The molecule has 5 nitrogen and oxygen atoms in total. The number of amides is 1. The maximum atomic E-state index is 11.4. The lowest BCUT2D eigenvalue weighted by atomic mass is 10.4. The Bertz CT molecular complexity index is 277. The number of rotatable bonds is 6. The van der Waals surface area contributed by atoms with Crippen LogP contribution in [0.3, 0.4) is 0 Å². The SMILES string of the molecule is CCNC(=NCCNC(=O)C1CC1)NC(C)C.I. The molecule has 106 valence electrons. The van der Waals surface area contributed by atoms with E-state index in [1.54, 1.807) is 0 Å². The lowest BCUT2D eigenvalue weighted by molar-refractivity contribution is -0.122. The van der Waals surface area contributed by atoms with Crippen LogP contribution in [0, 0.1) is 5.92 Å². The van der Waals surface area contributed by atoms with Crippen molar-refractivity contribution in [3.8, 4) is 0 Å². The molecule has 0 saturated heterocycles. The Kier molecular flexibility index (Phi) is 9.13. The van der Waals surface area contributed by atoms with Crippen molar-refractivity contribution in [3.05, 3.63) is 0 Å². The fourth-order valence-electron chi connectivity index (χ4n) is 1.43. The maximum Gasteiger partial charge on any atom is 0.223 e. The molecule has 0 spiro atoms. The van der Waals surface area contributed by atoms with Crippen LogP contribution in [0.2, 0.25) is 0 Å². The van der Waals surface area contributed by atoms with Gasteiger partial charge in [-0.05, 0) is 33.6 Å². The summed E-state index contributed by atoms with van der Waals surface area (Å²) >= 11 is 0. The van der Waals surface area contributed by atoms with Gasteiger partial charge < -0.3 is 16.0 Å². The quantitative estimate of drug-likeness (QED) is 0.285. The molecule has 0 aromatic carbocycles. The molecule has 0 atom stereocenters. The zero-order valence-electron chi connectivity index (χ0n) is 11.5. The lowest BCUT2D eigenvalue weighted by Gasteiger charge is -2.13. The summed E-state index contributed by atoms with van der Waals surface area (Å²) in [5.41, 5.74) is 0. The van der Waals surface area contributed by atoms with E-state index >= 15 is 0 Å². The molecule has 0 bridgehead atoms. The van der Waals surface area contributed by atoms with Crippen LogP contribution < -0.4 is 16.0 Å². The van der Waals surface area contributed by atoms with Crippen LogP contribution in [0.5, 0.6) is 0 Å². The van der Waals surface area contributed by atoms with Crippen molar-refractivity contribution in [2.45, 2.75) is 39.7 Å². The number of carbonyl (C=O) groups excluding carboxylic acids is 1. The number of carbonyl (C=O) groups is 1. The van der Waals surface area contributed by atoms with E-state index in [4.69, 9.17) is 0 Å². The molecular formula is C12H25IN4O. The number of halogens is 1. The van der Waals surface area contributed by atoms with Crippen LogP contribution in [0.4, 0.5) is 0 Å². The molecule has 3 N–H and O–H groups in total. The molecule has 6 heteroatoms. The first-order valence-electron chi connectivity index (χ1n) is 6.46. The van der Waals surface area contributed by atoms with Crippen molar-refractivity contribution in [3.63, 3.8) is 0 Å². The second kappa shape index (κ2) is 9.41. The number of nitrogens with one attached hydrogen (secondary N) is 3. The zero-order chi connectivity index (χ0) is 12.7. The van der Waals surface area contributed by atoms with Gasteiger partial charge in [0.1, 0.15) is 0 Å². The molecule has 0 aromatic heterocycles. The summed E-state index contributed by atoms with van der Waals surface area (Å²) < 4.78 is 0. The van der Waals surface area contributed by atoms with Gasteiger partial charge in [0, 0.05) is 25.0 Å². The van der Waals surface area contributed by atoms with Crippen molar-refractivity contribution in [2.24, 2.45) is 10.9 Å². The first kappa shape index (κ1) is 17.5. The van der Waals surface area contributed by atoms with Crippen LogP contribution in [0.1, 0.15) is 33.6 Å². The molecule has 1 aliphatic carbocycles. The highest BCUT2D eigenvalue weighted by Crippen LogP contribution is 2.28. The smallest absolute Gasteiger partial charge is 0.223 e. The first-order valence-corrected chi connectivity index (χ1v) is 6.46. The normalized spacial score (nSPS) is 15.0. The monoisotopic (exact) mass is 368 g/mol. The fourth-order valence-corrected chi connectivity index (χ4v) is 1.43. The average molecular weight is 368 g/mol. The molecule has 0 heterocycles. The highest BCUT2D eigenvalue weighted by atomic mass is 127. The molecule has 0 aromatic rings.